The van der Waals surface area contributed by atoms with Gasteiger partial charge >= 0.3 is 12.1 Å². The Morgan fingerprint density at radius 3 is 2.27 bits per heavy atom. The summed E-state index contributed by atoms with van der Waals surface area (Å²) in [5.74, 6) is 2.79. The van der Waals surface area contributed by atoms with E-state index in [0.717, 1.165) is 38.5 Å². The predicted octanol–water partition coefficient (Wildman–Crippen LogP) is 9.24. The second-order valence-electron chi connectivity index (χ2n) is 15.2. The van der Waals surface area contributed by atoms with E-state index in [9.17, 15) is 23.1 Å². The average molecular weight is 577 g/mol. The fraction of sp³-hybridized carbons (Fsp3) is 0.800. The maximum absolute atomic E-state index is 13.7. The second-order valence-corrected chi connectivity index (χ2v) is 15.2. The van der Waals surface area contributed by atoms with Crippen LogP contribution in [0.15, 0.2) is 30.3 Å². The first-order valence-corrected chi connectivity index (χ1v) is 16.2. The number of halogens is 3. The van der Waals surface area contributed by atoms with Gasteiger partial charge in [0.15, 0.2) is 5.60 Å². The molecular formula is C35H51F3O3. The third kappa shape index (κ3) is 5.49. The molecule has 0 aliphatic heterocycles. The molecule has 0 unspecified atom stereocenters. The van der Waals surface area contributed by atoms with Crippen LogP contribution in [0.2, 0.25) is 0 Å². The van der Waals surface area contributed by atoms with E-state index in [2.05, 4.69) is 34.6 Å². The fourth-order valence-electron chi connectivity index (χ4n) is 10.4. The van der Waals surface area contributed by atoms with Crippen LogP contribution >= 0.6 is 0 Å². The molecule has 5 rings (SSSR count). The highest BCUT2D eigenvalue weighted by Crippen LogP contribution is 2.69. The first-order valence-electron chi connectivity index (χ1n) is 16.2. The van der Waals surface area contributed by atoms with Gasteiger partial charge in [-0.3, -0.25) is 0 Å². The molecule has 3 nitrogen and oxygen atoms in total. The smallest absolute Gasteiger partial charge is 0.417 e. The minimum atomic E-state index is -4.54. The lowest BCUT2D eigenvalue weighted by Gasteiger charge is -2.62. The molecule has 4 fully saturated rings. The molecule has 4 saturated carbocycles. The van der Waals surface area contributed by atoms with Crippen molar-refractivity contribution in [2.24, 2.45) is 52.3 Å². The van der Waals surface area contributed by atoms with E-state index in [1.54, 1.807) is 12.1 Å². The Morgan fingerprint density at radius 2 is 1.61 bits per heavy atom. The molecule has 0 heterocycles. The summed E-state index contributed by atoms with van der Waals surface area (Å²) in [6, 6.07) is 9.22. The third-order valence-corrected chi connectivity index (χ3v) is 12.9. The molecule has 0 amide bonds. The predicted molar refractivity (Wildman–Crippen MR) is 155 cm³/mol. The van der Waals surface area contributed by atoms with Crippen LogP contribution in [0, 0.1) is 52.3 Å². The number of aliphatic hydroxyl groups is 1. The van der Waals surface area contributed by atoms with Gasteiger partial charge in [0.1, 0.15) is 6.10 Å². The van der Waals surface area contributed by atoms with Crippen molar-refractivity contribution in [1.82, 2.24) is 0 Å². The molecule has 4 aliphatic carbocycles. The molecule has 0 saturated heterocycles. The van der Waals surface area contributed by atoms with Crippen molar-refractivity contribution in [1.29, 1.82) is 0 Å². The lowest BCUT2D eigenvalue weighted by Crippen LogP contribution is -2.59. The van der Waals surface area contributed by atoms with Crippen molar-refractivity contribution in [3.8, 4) is 0 Å². The van der Waals surface area contributed by atoms with Gasteiger partial charge in [-0.1, -0.05) is 52.8 Å². The summed E-state index contributed by atoms with van der Waals surface area (Å²) in [7, 11) is 0. The van der Waals surface area contributed by atoms with Gasteiger partial charge in [-0.15, -0.1) is 0 Å². The first kappa shape index (κ1) is 30.9. The molecule has 41 heavy (non-hydrogen) atoms. The first-order chi connectivity index (χ1) is 19.2. The average Bonchev–Trinajstić information content (AvgIpc) is 3.28. The van der Waals surface area contributed by atoms with Crippen LogP contribution in [0.1, 0.15) is 116 Å². The van der Waals surface area contributed by atoms with Gasteiger partial charge in [-0.05, 0) is 135 Å². The Labute approximate surface area is 245 Å². The zero-order chi connectivity index (χ0) is 29.8. The Morgan fingerprint density at radius 1 is 0.927 bits per heavy atom. The van der Waals surface area contributed by atoms with Gasteiger partial charge in [0.2, 0.25) is 0 Å². The van der Waals surface area contributed by atoms with E-state index in [0.29, 0.717) is 41.6 Å². The normalized spacial score (nSPS) is 40.3. The van der Waals surface area contributed by atoms with Gasteiger partial charge in [-0.25, -0.2) is 4.79 Å². The quantitative estimate of drug-likeness (QED) is 0.329. The van der Waals surface area contributed by atoms with Crippen molar-refractivity contribution < 1.29 is 27.8 Å². The van der Waals surface area contributed by atoms with Gasteiger partial charge in [0, 0.05) is 0 Å². The summed E-state index contributed by atoms with van der Waals surface area (Å²) in [4.78, 5) is 12.8. The van der Waals surface area contributed by atoms with Gasteiger partial charge in [0.25, 0.3) is 0 Å². The highest BCUT2D eigenvalue weighted by Gasteiger charge is 2.65. The Balaban J connectivity index is 1.23. The van der Waals surface area contributed by atoms with E-state index >= 15 is 0 Å². The van der Waals surface area contributed by atoms with Crippen LogP contribution in [0.5, 0.6) is 0 Å². The van der Waals surface area contributed by atoms with Crippen molar-refractivity contribution in [2.75, 3.05) is 0 Å². The number of fused-ring (bicyclic) bond motifs is 5. The summed E-state index contributed by atoms with van der Waals surface area (Å²) < 4.78 is 47.1. The molecule has 230 valence electrons. The molecule has 6 heteroatoms. The molecule has 1 N–H and O–H groups in total. The van der Waals surface area contributed by atoms with Crippen LogP contribution in [0.25, 0.3) is 0 Å². The second kappa shape index (κ2) is 11.2. The van der Waals surface area contributed by atoms with Gasteiger partial charge in [-0.2, -0.15) is 13.2 Å². The molecular weight excluding hydrogens is 525 g/mol. The number of ether oxygens (including phenoxy) is 1. The Bertz CT molecular complexity index is 1070. The number of hydrogen-bond acceptors (Lipinski definition) is 3. The van der Waals surface area contributed by atoms with Crippen molar-refractivity contribution in [3.63, 3.8) is 0 Å². The third-order valence-electron chi connectivity index (χ3n) is 12.9. The van der Waals surface area contributed by atoms with Gasteiger partial charge < -0.3 is 9.84 Å². The van der Waals surface area contributed by atoms with Crippen LogP contribution in [0.4, 0.5) is 13.2 Å². The molecule has 0 radical (unpaired) electrons. The minimum absolute atomic E-state index is 0.0452. The van der Waals surface area contributed by atoms with Crippen molar-refractivity contribution in [3.05, 3.63) is 35.9 Å². The number of rotatable bonds is 7. The molecule has 0 spiro atoms. The maximum Gasteiger partial charge on any atom is 0.417 e. The van der Waals surface area contributed by atoms with E-state index < -0.39 is 11.8 Å². The monoisotopic (exact) mass is 576 g/mol. The minimum Gasteiger partial charge on any atom is -0.459 e. The number of benzene rings is 1. The van der Waals surface area contributed by atoms with E-state index in [-0.39, 0.29) is 47.6 Å². The molecule has 10 atom stereocenters. The highest BCUT2D eigenvalue weighted by molar-refractivity contribution is 5.89. The number of carbonyl (C=O) groups is 1. The highest BCUT2D eigenvalue weighted by atomic mass is 19.4. The number of alkyl halides is 3. The van der Waals surface area contributed by atoms with Crippen molar-refractivity contribution >= 4 is 5.97 Å². The molecule has 0 aromatic heterocycles. The summed E-state index contributed by atoms with van der Waals surface area (Å²) >= 11 is 0. The molecule has 1 aromatic carbocycles. The molecule has 4 aliphatic rings. The molecule has 0 bridgehead atoms. The maximum atomic E-state index is 13.7. The SMILES string of the molecule is CC(C)[C@H](CC[C@@H](C)[C@H]1CC[C@H]2[C@@H]3CC[C@H]4C[C@](O)(C(F)(F)F)CC[C@]4(C)[C@H]3CC[C@]12C)OC(=O)c1ccccc1. The number of hydrogen-bond donors (Lipinski definition) is 1. The fourth-order valence-corrected chi connectivity index (χ4v) is 10.4. The lowest BCUT2D eigenvalue weighted by atomic mass is 9.43. The number of carbonyl (C=O) groups excluding carboxylic acids is 1. The summed E-state index contributed by atoms with van der Waals surface area (Å²) in [6.07, 6.45) is 3.95. The van der Waals surface area contributed by atoms with Crippen LogP contribution in [0.3, 0.4) is 0 Å². The largest absolute Gasteiger partial charge is 0.459 e. The Kier molecular flexibility index (Phi) is 8.42. The topological polar surface area (TPSA) is 46.5 Å². The standard InChI is InChI=1S/C35H51F3O3/c1-22(2)30(41-31(39)24-9-7-6-8-10-24)16-11-23(3)27-14-15-28-26-13-12-25-21-34(40,35(36,37)38)20-19-32(25,4)29(26)17-18-33(27,28)5/h6-10,22-23,25-30,40H,11-21H2,1-5H3/t23-,25+,26+,27-,28+,29+,30+,32+,33-,34+/m1/s1. The van der Waals surface area contributed by atoms with E-state index in [1.807, 2.05) is 18.2 Å². The lowest BCUT2D eigenvalue weighted by molar-refractivity contribution is -0.290. The van der Waals surface area contributed by atoms with E-state index in [1.165, 1.54) is 12.8 Å². The van der Waals surface area contributed by atoms with Gasteiger partial charge in [0.05, 0.1) is 5.56 Å². The van der Waals surface area contributed by atoms with E-state index in [4.69, 9.17) is 4.74 Å². The molecule has 1 aromatic rings. The van der Waals surface area contributed by atoms with Crippen LogP contribution < -0.4 is 0 Å². The Hall–Kier alpha value is -1.56. The summed E-state index contributed by atoms with van der Waals surface area (Å²) in [6.45, 7) is 11.4. The van der Waals surface area contributed by atoms with Crippen LogP contribution in [-0.2, 0) is 4.74 Å². The van der Waals surface area contributed by atoms with Crippen LogP contribution in [-0.4, -0.2) is 29.0 Å². The van der Waals surface area contributed by atoms with Crippen molar-refractivity contribution in [2.45, 2.75) is 123 Å². The zero-order valence-corrected chi connectivity index (χ0v) is 25.7. The number of esters is 1. The zero-order valence-electron chi connectivity index (χ0n) is 25.7. The summed E-state index contributed by atoms with van der Waals surface area (Å²) in [5, 5.41) is 10.5. The summed E-state index contributed by atoms with van der Waals surface area (Å²) in [5.41, 5.74) is -1.75.